The van der Waals surface area contributed by atoms with E-state index in [0.29, 0.717) is 5.56 Å². The smallest absolute Gasteiger partial charge is 0.186 e. The van der Waals surface area contributed by atoms with E-state index in [-0.39, 0.29) is 17.4 Å². The minimum absolute atomic E-state index is 0.0737. The summed E-state index contributed by atoms with van der Waals surface area (Å²) in [5.41, 5.74) is 2.72. The van der Waals surface area contributed by atoms with Crippen LogP contribution in [0.3, 0.4) is 0 Å². The summed E-state index contributed by atoms with van der Waals surface area (Å²) in [6.07, 6.45) is 2.49. The second-order valence-electron chi connectivity index (χ2n) is 5.13. The van der Waals surface area contributed by atoms with Gasteiger partial charge >= 0.3 is 0 Å². The molecule has 2 nitrogen and oxygen atoms in total. The molecule has 20 heavy (non-hydrogen) atoms. The number of benzene rings is 1. The number of nitrogens with zero attached hydrogens (tertiary/aromatic N) is 1. The SMILES string of the molecule is CCc1cccc(-c2cnc(C(=O)C(C)C)c(F)c2)c1. The number of ketones is 1. The molecule has 1 aromatic carbocycles. The van der Waals surface area contributed by atoms with Gasteiger partial charge in [0.2, 0.25) is 0 Å². The van der Waals surface area contributed by atoms with Crippen molar-refractivity contribution in [2.24, 2.45) is 5.92 Å². The lowest BCUT2D eigenvalue weighted by Gasteiger charge is -2.08. The third-order valence-electron chi connectivity index (χ3n) is 3.27. The van der Waals surface area contributed by atoms with Crippen LogP contribution < -0.4 is 0 Å². The van der Waals surface area contributed by atoms with E-state index in [4.69, 9.17) is 0 Å². The van der Waals surface area contributed by atoms with Crippen LogP contribution in [-0.4, -0.2) is 10.8 Å². The molecule has 0 saturated heterocycles. The average molecular weight is 271 g/mol. The summed E-state index contributed by atoms with van der Waals surface area (Å²) in [6.45, 7) is 5.55. The summed E-state index contributed by atoms with van der Waals surface area (Å²) >= 11 is 0. The van der Waals surface area contributed by atoms with Crippen LogP contribution >= 0.6 is 0 Å². The lowest BCUT2D eigenvalue weighted by molar-refractivity contribution is 0.0930. The molecule has 0 atom stereocenters. The topological polar surface area (TPSA) is 30.0 Å². The molecule has 0 unspecified atom stereocenters. The Morgan fingerprint density at radius 2 is 2.00 bits per heavy atom. The molecule has 104 valence electrons. The van der Waals surface area contributed by atoms with Crippen molar-refractivity contribution in [3.63, 3.8) is 0 Å². The molecule has 1 aromatic heterocycles. The Morgan fingerprint density at radius 3 is 2.60 bits per heavy atom. The number of aryl methyl sites for hydroxylation is 1. The van der Waals surface area contributed by atoms with Crippen molar-refractivity contribution < 1.29 is 9.18 Å². The van der Waals surface area contributed by atoms with Gasteiger partial charge in [0.1, 0.15) is 5.69 Å². The Hall–Kier alpha value is -2.03. The van der Waals surface area contributed by atoms with Crippen molar-refractivity contribution >= 4 is 5.78 Å². The molecule has 0 aliphatic carbocycles. The number of pyridine rings is 1. The van der Waals surface area contributed by atoms with Crippen molar-refractivity contribution in [2.75, 3.05) is 0 Å². The number of rotatable bonds is 4. The Balaban J connectivity index is 2.40. The highest BCUT2D eigenvalue weighted by Crippen LogP contribution is 2.22. The van der Waals surface area contributed by atoms with Gasteiger partial charge in [0, 0.05) is 17.7 Å². The van der Waals surface area contributed by atoms with Crippen LogP contribution in [0.2, 0.25) is 0 Å². The van der Waals surface area contributed by atoms with Crippen molar-refractivity contribution in [2.45, 2.75) is 27.2 Å². The summed E-state index contributed by atoms with van der Waals surface area (Å²) < 4.78 is 14.0. The van der Waals surface area contributed by atoms with Crippen LogP contribution in [0.1, 0.15) is 36.8 Å². The van der Waals surface area contributed by atoms with Crippen molar-refractivity contribution in [1.82, 2.24) is 4.98 Å². The molecular formula is C17H18FNO. The lowest BCUT2D eigenvalue weighted by Crippen LogP contribution is -2.12. The van der Waals surface area contributed by atoms with Gasteiger partial charge in [0.05, 0.1) is 0 Å². The zero-order chi connectivity index (χ0) is 14.7. The summed E-state index contributed by atoms with van der Waals surface area (Å²) in [5.74, 6) is -1.08. The van der Waals surface area contributed by atoms with Crippen LogP contribution in [0.5, 0.6) is 0 Å². The predicted molar refractivity (Wildman–Crippen MR) is 78.2 cm³/mol. The lowest BCUT2D eigenvalue weighted by atomic mass is 10.0. The van der Waals surface area contributed by atoms with Gasteiger partial charge in [-0.2, -0.15) is 0 Å². The van der Waals surface area contributed by atoms with Crippen LogP contribution in [0, 0.1) is 11.7 Å². The average Bonchev–Trinajstić information content (AvgIpc) is 2.46. The van der Waals surface area contributed by atoms with E-state index in [2.05, 4.69) is 11.9 Å². The maximum Gasteiger partial charge on any atom is 0.186 e. The molecule has 0 fully saturated rings. The van der Waals surface area contributed by atoms with Gasteiger partial charge in [-0.25, -0.2) is 9.37 Å². The fourth-order valence-electron chi connectivity index (χ4n) is 2.02. The highest BCUT2D eigenvalue weighted by atomic mass is 19.1. The third kappa shape index (κ3) is 2.93. The number of carbonyl (C=O) groups excluding carboxylic acids is 1. The van der Waals surface area contributed by atoms with E-state index in [1.165, 1.54) is 11.6 Å². The molecular weight excluding hydrogens is 253 g/mol. The molecule has 0 radical (unpaired) electrons. The Kier molecular flexibility index (Phi) is 4.28. The van der Waals surface area contributed by atoms with E-state index < -0.39 is 5.82 Å². The first kappa shape index (κ1) is 14.4. The minimum Gasteiger partial charge on any atom is -0.292 e. The van der Waals surface area contributed by atoms with Gasteiger partial charge in [0.15, 0.2) is 11.6 Å². The van der Waals surface area contributed by atoms with Gasteiger partial charge in [-0.15, -0.1) is 0 Å². The van der Waals surface area contributed by atoms with E-state index in [1.54, 1.807) is 20.0 Å². The van der Waals surface area contributed by atoms with E-state index in [0.717, 1.165) is 12.0 Å². The zero-order valence-electron chi connectivity index (χ0n) is 12.0. The molecule has 0 saturated carbocycles. The van der Waals surface area contributed by atoms with E-state index >= 15 is 0 Å². The van der Waals surface area contributed by atoms with Crippen LogP contribution in [0.15, 0.2) is 36.5 Å². The molecule has 0 N–H and O–H groups in total. The fraction of sp³-hybridized carbons (Fsp3) is 0.294. The normalized spacial score (nSPS) is 10.8. The zero-order valence-corrected chi connectivity index (χ0v) is 12.0. The summed E-state index contributed by atoms with van der Waals surface area (Å²) in [4.78, 5) is 15.8. The van der Waals surface area contributed by atoms with E-state index in [9.17, 15) is 9.18 Å². The van der Waals surface area contributed by atoms with Gasteiger partial charge in [-0.1, -0.05) is 45.0 Å². The molecule has 0 spiro atoms. The predicted octanol–water partition coefficient (Wildman–Crippen LogP) is 4.29. The first-order chi connectivity index (χ1) is 9.52. The minimum atomic E-state index is -0.553. The van der Waals surface area contributed by atoms with Gasteiger partial charge in [-0.05, 0) is 23.6 Å². The summed E-state index contributed by atoms with van der Waals surface area (Å²) in [5, 5.41) is 0. The molecule has 3 heteroatoms. The van der Waals surface area contributed by atoms with Crippen molar-refractivity contribution in [3.8, 4) is 11.1 Å². The molecule has 2 aromatic rings. The van der Waals surface area contributed by atoms with Crippen LogP contribution in [0.4, 0.5) is 4.39 Å². The van der Waals surface area contributed by atoms with Crippen molar-refractivity contribution in [1.29, 1.82) is 0 Å². The molecule has 0 amide bonds. The summed E-state index contributed by atoms with van der Waals surface area (Å²) in [6, 6.07) is 9.29. The number of hydrogen-bond acceptors (Lipinski definition) is 2. The number of hydrogen-bond donors (Lipinski definition) is 0. The van der Waals surface area contributed by atoms with Crippen LogP contribution in [-0.2, 0) is 6.42 Å². The number of aromatic nitrogens is 1. The molecule has 0 bridgehead atoms. The largest absolute Gasteiger partial charge is 0.292 e. The summed E-state index contributed by atoms with van der Waals surface area (Å²) in [7, 11) is 0. The van der Waals surface area contributed by atoms with Gasteiger partial charge in [-0.3, -0.25) is 4.79 Å². The molecule has 0 aliphatic rings. The highest BCUT2D eigenvalue weighted by molar-refractivity contribution is 5.96. The third-order valence-corrected chi connectivity index (χ3v) is 3.27. The standard InChI is InChI=1S/C17H18FNO/c1-4-12-6-5-7-13(8-12)14-9-15(18)16(19-10-14)17(20)11(2)3/h5-11H,4H2,1-3H3. The number of halogens is 1. The second kappa shape index (κ2) is 5.95. The van der Waals surface area contributed by atoms with Crippen molar-refractivity contribution in [3.05, 3.63) is 53.6 Å². The highest BCUT2D eigenvalue weighted by Gasteiger charge is 2.17. The van der Waals surface area contributed by atoms with Crippen LogP contribution in [0.25, 0.3) is 11.1 Å². The Bertz CT molecular complexity index is 635. The number of carbonyl (C=O) groups is 1. The Morgan fingerprint density at radius 1 is 1.25 bits per heavy atom. The van der Waals surface area contributed by atoms with E-state index in [1.807, 2.05) is 24.3 Å². The molecule has 0 aliphatic heterocycles. The maximum atomic E-state index is 14.0. The first-order valence-electron chi connectivity index (χ1n) is 6.82. The Labute approximate surface area is 118 Å². The first-order valence-corrected chi connectivity index (χ1v) is 6.82. The quantitative estimate of drug-likeness (QED) is 0.776. The monoisotopic (exact) mass is 271 g/mol. The number of Topliss-reactive ketones (excluding diaryl/α,β-unsaturated/α-hetero) is 1. The fourth-order valence-corrected chi connectivity index (χ4v) is 2.02. The van der Waals surface area contributed by atoms with Gasteiger partial charge < -0.3 is 0 Å². The molecule has 1 heterocycles. The maximum absolute atomic E-state index is 14.0. The van der Waals surface area contributed by atoms with Gasteiger partial charge in [0.25, 0.3) is 0 Å². The second-order valence-corrected chi connectivity index (χ2v) is 5.13. The molecule has 2 rings (SSSR count).